The fourth-order valence-corrected chi connectivity index (χ4v) is 3.17. The van der Waals surface area contributed by atoms with Gasteiger partial charge in [-0.2, -0.15) is 0 Å². The molecule has 2 heterocycles. The van der Waals surface area contributed by atoms with E-state index in [0.29, 0.717) is 0 Å². The number of ether oxygens (including phenoxy) is 2. The van der Waals surface area contributed by atoms with Crippen LogP contribution in [0, 0.1) is 12.1 Å². The topological polar surface area (TPSA) is 59.5 Å². The Morgan fingerprint density at radius 1 is 0.800 bits per heavy atom. The van der Waals surface area contributed by atoms with E-state index >= 15 is 0 Å². The molecular weight excluding hydrogens is 619 g/mol. The molecule has 0 fully saturated rings. The van der Waals surface area contributed by atoms with E-state index in [1.165, 1.54) is 5.56 Å². The average Bonchev–Trinajstić information content (AvgIpc) is 2.89. The normalized spacial score (nSPS) is 9.86. The summed E-state index contributed by atoms with van der Waals surface area (Å²) in [6.45, 7) is 0.839. The smallest absolute Gasteiger partial charge is 0.540 e. The second kappa shape index (κ2) is 14.2. The first kappa shape index (κ1) is 28.0. The number of pyridine rings is 2. The van der Waals surface area contributed by atoms with E-state index < -0.39 is 0 Å². The third-order valence-corrected chi connectivity index (χ3v) is 5.06. The number of hydrogen-bond donors (Lipinski definition) is 1. The molecule has 4 aromatic rings. The molecule has 1 N–H and O–H groups in total. The standard InChI is InChI=1S/2C14H15N2O.Pt/c1-16(2)12-8-9-15-14(10-12)11-4-6-13(17-3)7-5-11;1-15-10-11-7-8-16-14(9-11)12-3-5-13(17-2)6-4-12;/h4,6-10H,1-3H3;3,5-9,15H,10H2,1-2H3;/q2*-1;+2. The van der Waals surface area contributed by atoms with E-state index in [4.69, 9.17) is 9.47 Å². The van der Waals surface area contributed by atoms with Crippen molar-refractivity contribution in [1.29, 1.82) is 0 Å². The molecule has 35 heavy (non-hydrogen) atoms. The van der Waals surface area contributed by atoms with Gasteiger partial charge in [0.1, 0.15) is 0 Å². The minimum atomic E-state index is 0. The van der Waals surface area contributed by atoms with Crippen molar-refractivity contribution in [3.63, 3.8) is 0 Å². The molecule has 0 radical (unpaired) electrons. The summed E-state index contributed by atoms with van der Waals surface area (Å²) in [5.41, 5.74) is 6.12. The van der Waals surface area contributed by atoms with Crippen molar-refractivity contribution in [1.82, 2.24) is 15.3 Å². The minimum absolute atomic E-state index is 0. The van der Waals surface area contributed by atoms with Crippen molar-refractivity contribution in [2.24, 2.45) is 0 Å². The molecule has 2 aromatic heterocycles. The van der Waals surface area contributed by atoms with Gasteiger partial charge in [-0.15, -0.1) is 59.7 Å². The van der Waals surface area contributed by atoms with Crippen LogP contribution >= 0.6 is 0 Å². The summed E-state index contributed by atoms with van der Waals surface area (Å²) in [6.07, 6.45) is 3.63. The number of nitrogens with one attached hydrogen (secondary N) is 1. The van der Waals surface area contributed by atoms with Crippen LogP contribution in [0.15, 0.2) is 73.1 Å². The average molecular weight is 650 g/mol. The van der Waals surface area contributed by atoms with Gasteiger partial charge in [-0.05, 0) is 36.1 Å². The first-order chi connectivity index (χ1) is 16.5. The van der Waals surface area contributed by atoms with Crippen LogP contribution in [-0.2, 0) is 27.6 Å². The van der Waals surface area contributed by atoms with E-state index in [0.717, 1.165) is 46.2 Å². The van der Waals surface area contributed by atoms with E-state index in [9.17, 15) is 0 Å². The molecule has 0 aliphatic heterocycles. The Labute approximate surface area is 222 Å². The summed E-state index contributed by atoms with van der Waals surface area (Å²) in [6, 6.07) is 25.8. The Morgan fingerprint density at radius 2 is 1.34 bits per heavy atom. The summed E-state index contributed by atoms with van der Waals surface area (Å²) in [7, 11) is 9.25. The largest absolute Gasteiger partial charge is 2.00 e. The fourth-order valence-electron chi connectivity index (χ4n) is 3.17. The van der Waals surface area contributed by atoms with Crippen LogP contribution in [0.2, 0.25) is 0 Å². The molecular formula is C28H30N4O2Pt. The Kier molecular flexibility index (Phi) is 11.4. The van der Waals surface area contributed by atoms with Crippen molar-refractivity contribution >= 4 is 5.69 Å². The summed E-state index contributed by atoms with van der Waals surface area (Å²) < 4.78 is 10.2. The maximum Gasteiger partial charge on any atom is 2.00 e. The van der Waals surface area contributed by atoms with Gasteiger partial charge in [-0.1, -0.05) is 12.1 Å². The molecule has 0 bridgehead atoms. The zero-order chi connectivity index (χ0) is 24.3. The first-order valence-corrected chi connectivity index (χ1v) is 10.9. The number of methoxy groups -OCH3 is 2. The Hall–Kier alpha value is -3.21. The van der Waals surface area contributed by atoms with Crippen molar-refractivity contribution in [2.75, 3.05) is 40.3 Å². The second-order valence-corrected chi connectivity index (χ2v) is 7.66. The van der Waals surface area contributed by atoms with Crippen molar-refractivity contribution in [3.05, 3.63) is 90.8 Å². The third kappa shape index (κ3) is 8.20. The monoisotopic (exact) mass is 649 g/mol. The Morgan fingerprint density at radius 3 is 1.80 bits per heavy atom. The van der Waals surface area contributed by atoms with Gasteiger partial charge in [0, 0.05) is 50.2 Å². The molecule has 0 unspecified atom stereocenters. The quantitative estimate of drug-likeness (QED) is 0.288. The molecule has 184 valence electrons. The van der Waals surface area contributed by atoms with Gasteiger partial charge in [0.05, 0.1) is 14.2 Å². The van der Waals surface area contributed by atoms with Crippen LogP contribution in [0.25, 0.3) is 22.5 Å². The van der Waals surface area contributed by atoms with E-state index in [-0.39, 0.29) is 21.1 Å². The van der Waals surface area contributed by atoms with Gasteiger partial charge in [0.25, 0.3) is 0 Å². The van der Waals surface area contributed by atoms with Crippen LogP contribution < -0.4 is 19.7 Å². The SMILES string of the molecule is CNCc1ccnc(-c2[c-]cc(OC)cc2)c1.COc1c[c-]c(-c2cc(N(C)C)ccn2)cc1.[Pt+2]. The van der Waals surface area contributed by atoms with E-state index in [1.54, 1.807) is 14.2 Å². The van der Waals surface area contributed by atoms with Gasteiger partial charge in [-0.25, -0.2) is 0 Å². The molecule has 0 aliphatic rings. The zero-order valence-electron chi connectivity index (χ0n) is 20.6. The zero-order valence-corrected chi connectivity index (χ0v) is 22.9. The number of anilines is 1. The van der Waals surface area contributed by atoms with Gasteiger partial charge in [0.2, 0.25) is 0 Å². The molecule has 6 nitrogen and oxygen atoms in total. The Balaban J connectivity index is 0.000000240. The second-order valence-electron chi connectivity index (χ2n) is 7.66. The number of aromatic nitrogens is 2. The van der Waals surface area contributed by atoms with Crippen LogP contribution in [-0.4, -0.2) is 45.3 Å². The summed E-state index contributed by atoms with van der Waals surface area (Å²) >= 11 is 0. The third-order valence-electron chi connectivity index (χ3n) is 5.06. The molecule has 4 rings (SSSR count). The van der Waals surface area contributed by atoms with Crippen molar-refractivity contribution < 1.29 is 30.5 Å². The number of benzene rings is 2. The molecule has 0 spiro atoms. The van der Waals surface area contributed by atoms with Gasteiger partial charge in [0.15, 0.2) is 0 Å². The van der Waals surface area contributed by atoms with Gasteiger partial charge < -0.3 is 29.7 Å². The predicted molar refractivity (Wildman–Crippen MR) is 137 cm³/mol. The maximum absolute atomic E-state index is 5.11. The molecule has 0 aliphatic carbocycles. The predicted octanol–water partition coefficient (Wildman–Crippen LogP) is 4.90. The van der Waals surface area contributed by atoms with Crippen LogP contribution in [0.3, 0.4) is 0 Å². The first-order valence-electron chi connectivity index (χ1n) is 10.9. The summed E-state index contributed by atoms with van der Waals surface area (Å²) in [5, 5.41) is 3.12. The van der Waals surface area contributed by atoms with E-state index in [2.05, 4.69) is 38.4 Å². The van der Waals surface area contributed by atoms with Gasteiger partial charge >= 0.3 is 21.1 Å². The van der Waals surface area contributed by atoms with E-state index in [1.807, 2.05) is 88.1 Å². The number of rotatable bonds is 7. The number of nitrogens with zero attached hydrogens (tertiary/aromatic N) is 3. The summed E-state index contributed by atoms with van der Waals surface area (Å²) in [4.78, 5) is 10.7. The Bertz CT molecular complexity index is 1170. The van der Waals surface area contributed by atoms with Crippen molar-refractivity contribution in [3.8, 4) is 34.0 Å². The summed E-state index contributed by atoms with van der Waals surface area (Å²) in [5.74, 6) is 1.61. The van der Waals surface area contributed by atoms with Crippen LogP contribution in [0.4, 0.5) is 5.69 Å². The molecule has 0 saturated carbocycles. The fraction of sp³-hybridized carbons (Fsp3) is 0.214. The van der Waals surface area contributed by atoms with Crippen molar-refractivity contribution in [2.45, 2.75) is 6.54 Å². The molecule has 0 saturated heterocycles. The maximum atomic E-state index is 5.11. The van der Waals surface area contributed by atoms with Crippen LogP contribution in [0.5, 0.6) is 11.5 Å². The molecule has 2 aromatic carbocycles. The minimum Gasteiger partial charge on any atom is -0.540 e. The molecule has 0 amide bonds. The molecule has 0 atom stereocenters. The van der Waals surface area contributed by atoms with Gasteiger partial charge in [-0.3, -0.25) is 0 Å². The molecule has 7 heteroatoms. The van der Waals surface area contributed by atoms with Crippen LogP contribution in [0.1, 0.15) is 5.56 Å². The number of hydrogen-bond acceptors (Lipinski definition) is 6.